The molecule has 1 amide bonds. The molecule has 1 aliphatic rings. The van der Waals surface area contributed by atoms with E-state index in [4.69, 9.17) is 39.5 Å². The predicted octanol–water partition coefficient (Wildman–Crippen LogP) is 7.49. The molecule has 2 atom stereocenters. The molecule has 3 aromatic rings. The molecule has 3 aromatic carbocycles. The Balaban J connectivity index is 1.61. The second-order valence-corrected chi connectivity index (χ2v) is 8.81. The summed E-state index contributed by atoms with van der Waals surface area (Å²) in [7, 11) is 0. The van der Waals surface area contributed by atoms with Gasteiger partial charge in [0.2, 0.25) is 5.91 Å². The fourth-order valence-corrected chi connectivity index (χ4v) is 4.52. The number of hydrogen-bond acceptors (Lipinski definition) is 2. The van der Waals surface area contributed by atoms with E-state index < -0.39 is 17.6 Å². The molecular formula is C24H18Cl3F2NO2. The van der Waals surface area contributed by atoms with Crippen LogP contribution in [0.25, 0.3) is 0 Å². The highest BCUT2D eigenvalue weighted by Crippen LogP contribution is 2.41. The second kappa shape index (κ2) is 9.65. The monoisotopic (exact) mass is 495 g/mol. The van der Waals surface area contributed by atoms with Crippen LogP contribution in [0.4, 0.5) is 14.5 Å². The Labute approximate surface area is 199 Å². The molecule has 0 N–H and O–H groups in total. The molecule has 2 unspecified atom stereocenters. The van der Waals surface area contributed by atoms with Crippen LogP contribution in [0.3, 0.4) is 0 Å². The summed E-state index contributed by atoms with van der Waals surface area (Å²) in [5.41, 5.74) is 1.47. The summed E-state index contributed by atoms with van der Waals surface area (Å²) in [4.78, 5) is 15.2. The van der Waals surface area contributed by atoms with E-state index in [0.29, 0.717) is 33.6 Å². The molecule has 0 radical (unpaired) electrons. The van der Waals surface area contributed by atoms with Gasteiger partial charge in [-0.25, -0.2) is 8.78 Å². The Morgan fingerprint density at radius 1 is 0.875 bits per heavy atom. The molecule has 1 aliphatic heterocycles. The maximum Gasteiger partial charge on any atom is 0.234 e. The summed E-state index contributed by atoms with van der Waals surface area (Å²) in [6, 6.07) is 15.2. The summed E-state index contributed by atoms with van der Waals surface area (Å²) >= 11 is 18.5. The molecule has 0 aromatic heterocycles. The van der Waals surface area contributed by atoms with Gasteiger partial charge in [0.25, 0.3) is 0 Å². The third-order valence-corrected chi connectivity index (χ3v) is 6.27. The molecule has 4 rings (SSSR count). The van der Waals surface area contributed by atoms with Crippen LogP contribution in [0.15, 0.2) is 60.7 Å². The minimum Gasteiger partial charge on any atom is -0.493 e. The Bertz CT molecular complexity index is 1140. The lowest BCUT2D eigenvalue weighted by Gasteiger charge is -2.40. The van der Waals surface area contributed by atoms with Crippen molar-refractivity contribution >= 4 is 46.4 Å². The Morgan fingerprint density at radius 2 is 1.59 bits per heavy atom. The molecule has 1 saturated heterocycles. The van der Waals surface area contributed by atoms with Gasteiger partial charge in [-0.3, -0.25) is 4.79 Å². The smallest absolute Gasteiger partial charge is 0.234 e. The molecule has 8 heteroatoms. The topological polar surface area (TPSA) is 29.5 Å². The molecule has 32 heavy (non-hydrogen) atoms. The quantitative estimate of drug-likeness (QED) is 0.366. The number of amides is 1. The summed E-state index contributed by atoms with van der Waals surface area (Å²) < 4.78 is 32.3. The SMILES string of the molecule is O=C1C(COc2ccc(F)c(F)c2)CCC(c2ccc(Cl)cc2Cl)N1c1ccc(Cl)cc1. The molecule has 1 heterocycles. The van der Waals surface area contributed by atoms with Crippen molar-refractivity contribution in [3.63, 3.8) is 0 Å². The summed E-state index contributed by atoms with van der Waals surface area (Å²) in [5, 5.41) is 1.54. The minimum atomic E-state index is -1.00. The zero-order chi connectivity index (χ0) is 22.8. The molecule has 166 valence electrons. The van der Waals surface area contributed by atoms with Gasteiger partial charge in [-0.2, -0.15) is 0 Å². The third-order valence-electron chi connectivity index (χ3n) is 5.46. The fourth-order valence-electron chi connectivity index (χ4n) is 3.86. The van der Waals surface area contributed by atoms with E-state index in [1.165, 1.54) is 6.07 Å². The zero-order valence-corrected chi connectivity index (χ0v) is 19.0. The second-order valence-electron chi connectivity index (χ2n) is 7.53. The standard InChI is InChI=1S/C24H18Cl3F2NO2/c25-15-2-5-17(6-3-15)30-23(19-8-4-16(26)11-20(19)27)10-1-14(24(30)31)13-32-18-7-9-21(28)22(29)12-18/h2-9,11-12,14,23H,1,10,13H2. The van der Waals surface area contributed by atoms with Gasteiger partial charge >= 0.3 is 0 Å². The third kappa shape index (κ3) is 4.85. The molecule has 1 fully saturated rings. The van der Waals surface area contributed by atoms with Crippen LogP contribution in [-0.2, 0) is 4.79 Å². The van der Waals surface area contributed by atoms with Crippen LogP contribution in [0.5, 0.6) is 5.75 Å². The van der Waals surface area contributed by atoms with Gasteiger partial charge in [0.15, 0.2) is 11.6 Å². The number of halogens is 5. The van der Waals surface area contributed by atoms with Crippen LogP contribution in [0.2, 0.25) is 15.1 Å². The van der Waals surface area contributed by atoms with Gasteiger partial charge in [-0.05, 0) is 66.9 Å². The largest absolute Gasteiger partial charge is 0.493 e. The number of piperidine rings is 1. The van der Waals surface area contributed by atoms with E-state index in [1.54, 1.807) is 41.3 Å². The lowest BCUT2D eigenvalue weighted by atomic mass is 9.88. The first kappa shape index (κ1) is 22.8. The maximum absolute atomic E-state index is 13.5. The number of carbonyl (C=O) groups excluding carboxylic acids is 1. The van der Waals surface area contributed by atoms with Gasteiger partial charge < -0.3 is 9.64 Å². The van der Waals surface area contributed by atoms with Gasteiger partial charge in [-0.15, -0.1) is 0 Å². The molecular weight excluding hydrogens is 479 g/mol. The van der Waals surface area contributed by atoms with Crippen molar-refractivity contribution in [3.05, 3.63) is 92.9 Å². The Hall–Kier alpha value is -2.34. The number of anilines is 1. The van der Waals surface area contributed by atoms with Gasteiger partial charge in [0.1, 0.15) is 5.75 Å². The number of rotatable bonds is 5. The summed E-state index contributed by atoms with van der Waals surface area (Å²) in [6.07, 6.45) is 1.16. The van der Waals surface area contributed by atoms with Crippen LogP contribution >= 0.6 is 34.8 Å². The van der Waals surface area contributed by atoms with Crippen LogP contribution in [-0.4, -0.2) is 12.5 Å². The van der Waals surface area contributed by atoms with E-state index in [0.717, 1.165) is 17.7 Å². The first-order valence-corrected chi connectivity index (χ1v) is 11.1. The number of benzene rings is 3. The van der Waals surface area contributed by atoms with Gasteiger partial charge in [0.05, 0.1) is 18.6 Å². The molecule has 0 spiro atoms. The fraction of sp³-hybridized carbons (Fsp3) is 0.208. The maximum atomic E-state index is 13.5. The average molecular weight is 497 g/mol. The molecule has 0 aliphatic carbocycles. The summed E-state index contributed by atoms with van der Waals surface area (Å²) in [6.45, 7) is 0.0368. The predicted molar refractivity (Wildman–Crippen MR) is 123 cm³/mol. The lowest BCUT2D eigenvalue weighted by Crippen LogP contribution is -2.45. The highest BCUT2D eigenvalue weighted by molar-refractivity contribution is 6.35. The van der Waals surface area contributed by atoms with Crippen LogP contribution in [0.1, 0.15) is 24.4 Å². The zero-order valence-electron chi connectivity index (χ0n) is 16.7. The number of hydrogen-bond donors (Lipinski definition) is 0. The lowest BCUT2D eigenvalue weighted by molar-refractivity contribution is -0.125. The number of nitrogens with zero attached hydrogens (tertiary/aromatic N) is 1. The Kier molecular flexibility index (Phi) is 6.89. The van der Waals surface area contributed by atoms with E-state index in [9.17, 15) is 13.6 Å². The van der Waals surface area contributed by atoms with Crippen molar-refractivity contribution in [1.82, 2.24) is 0 Å². The van der Waals surface area contributed by atoms with Crippen molar-refractivity contribution < 1.29 is 18.3 Å². The van der Waals surface area contributed by atoms with E-state index in [2.05, 4.69) is 0 Å². The highest BCUT2D eigenvalue weighted by Gasteiger charge is 2.38. The highest BCUT2D eigenvalue weighted by atomic mass is 35.5. The number of ether oxygens (including phenoxy) is 1. The van der Waals surface area contributed by atoms with Crippen molar-refractivity contribution in [2.75, 3.05) is 11.5 Å². The van der Waals surface area contributed by atoms with Crippen molar-refractivity contribution in [2.45, 2.75) is 18.9 Å². The normalized spacial score (nSPS) is 18.7. The van der Waals surface area contributed by atoms with Crippen LogP contribution < -0.4 is 9.64 Å². The van der Waals surface area contributed by atoms with Crippen molar-refractivity contribution in [1.29, 1.82) is 0 Å². The number of carbonyl (C=O) groups is 1. The van der Waals surface area contributed by atoms with Gasteiger partial charge in [-0.1, -0.05) is 40.9 Å². The first-order valence-electron chi connectivity index (χ1n) is 9.95. The average Bonchev–Trinajstić information content (AvgIpc) is 2.76. The van der Waals surface area contributed by atoms with Crippen LogP contribution in [0, 0.1) is 17.6 Å². The Morgan fingerprint density at radius 3 is 2.28 bits per heavy atom. The van der Waals surface area contributed by atoms with Crippen molar-refractivity contribution in [3.8, 4) is 5.75 Å². The van der Waals surface area contributed by atoms with E-state index >= 15 is 0 Å². The minimum absolute atomic E-state index is 0.0368. The molecule has 3 nitrogen and oxygen atoms in total. The van der Waals surface area contributed by atoms with Crippen molar-refractivity contribution in [2.24, 2.45) is 5.92 Å². The molecule has 0 saturated carbocycles. The van der Waals surface area contributed by atoms with Gasteiger partial charge in [0, 0.05) is 26.8 Å². The van der Waals surface area contributed by atoms with E-state index in [-0.39, 0.29) is 24.3 Å². The summed E-state index contributed by atoms with van der Waals surface area (Å²) in [5.74, 6) is -2.42. The first-order chi connectivity index (χ1) is 15.3. The van der Waals surface area contributed by atoms with E-state index in [1.807, 2.05) is 6.07 Å². The molecule has 0 bridgehead atoms.